The van der Waals surface area contributed by atoms with Crippen LogP contribution in [-0.4, -0.2) is 16.1 Å². The topological polar surface area (TPSA) is 68.0 Å². The molecule has 29 heavy (non-hydrogen) atoms. The minimum atomic E-state index is -0.215. The number of amides is 1. The molecule has 1 N–H and O–H groups in total. The van der Waals surface area contributed by atoms with Crippen LogP contribution in [-0.2, 0) is 0 Å². The molecule has 0 bridgehead atoms. The van der Waals surface area contributed by atoms with Crippen LogP contribution in [0.25, 0.3) is 22.9 Å². The van der Waals surface area contributed by atoms with Crippen LogP contribution in [0.3, 0.4) is 0 Å². The molecule has 144 valence electrons. The Hall–Kier alpha value is -3.44. The number of halogens is 1. The van der Waals surface area contributed by atoms with Crippen molar-refractivity contribution >= 4 is 23.2 Å². The molecule has 6 heteroatoms. The highest BCUT2D eigenvalue weighted by molar-refractivity contribution is 6.31. The van der Waals surface area contributed by atoms with E-state index >= 15 is 0 Å². The van der Waals surface area contributed by atoms with Crippen LogP contribution in [0.2, 0.25) is 5.02 Å². The van der Waals surface area contributed by atoms with Crippen LogP contribution < -0.4 is 5.32 Å². The zero-order chi connectivity index (χ0) is 20.4. The minimum absolute atomic E-state index is 0.215. The molecule has 4 aromatic rings. The van der Waals surface area contributed by atoms with Gasteiger partial charge >= 0.3 is 0 Å². The van der Waals surface area contributed by atoms with Crippen molar-refractivity contribution in [3.8, 4) is 22.9 Å². The minimum Gasteiger partial charge on any atom is -0.416 e. The van der Waals surface area contributed by atoms with E-state index in [4.69, 9.17) is 16.0 Å². The van der Waals surface area contributed by atoms with Crippen molar-refractivity contribution in [2.24, 2.45) is 0 Å². The lowest BCUT2D eigenvalue weighted by molar-refractivity contribution is 0.102. The third kappa shape index (κ3) is 4.05. The molecule has 3 aromatic carbocycles. The van der Waals surface area contributed by atoms with Gasteiger partial charge in [-0.25, -0.2) is 0 Å². The SMILES string of the molecule is Cc1cccc(-c2nnc(-c3ccc(C(=O)Nc4cccc(Cl)c4C)cc3)o2)c1. The van der Waals surface area contributed by atoms with Crippen molar-refractivity contribution in [1.82, 2.24) is 10.2 Å². The Kier molecular flexibility index (Phi) is 5.14. The number of hydrogen-bond acceptors (Lipinski definition) is 4. The Balaban J connectivity index is 1.52. The van der Waals surface area contributed by atoms with E-state index < -0.39 is 0 Å². The van der Waals surface area contributed by atoms with Crippen LogP contribution in [0.15, 0.2) is 71.1 Å². The third-order valence-electron chi connectivity index (χ3n) is 4.60. The predicted molar refractivity (Wildman–Crippen MR) is 114 cm³/mol. The van der Waals surface area contributed by atoms with Gasteiger partial charge in [0.1, 0.15) is 0 Å². The fraction of sp³-hybridized carbons (Fsp3) is 0.0870. The number of benzene rings is 3. The van der Waals surface area contributed by atoms with Gasteiger partial charge in [-0.2, -0.15) is 0 Å². The number of nitrogens with zero attached hydrogens (tertiary/aromatic N) is 2. The zero-order valence-corrected chi connectivity index (χ0v) is 16.7. The monoisotopic (exact) mass is 403 g/mol. The highest BCUT2D eigenvalue weighted by Crippen LogP contribution is 2.26. The van der Waals surface area contributed by atoms with Crippen molar-refractivity contribution in [2.45, 2.75) is 13.8 Å². The Morgan fingerprint density at radius 1 is 0.897 bits per heavy atom. The maximum absolute atomic E-state index is 12.5. The zero-order valence-electron chi connectivity index (χ0n) is 15.9. The second-order valence-electron chi connectivity index (χ2n) is 6.73. The third-order valence-corrected chi connectivity index (χ3v) is 5.01. The molecule has 1 heterocycles. The van der Waals surface area contributed by atoms with Crippen molar-refractivity contribution < 1.29 is 9.21 Å². The Morgan fingerprint density at radius 3 is 2.31 bits per heavy atom. The molecule has 1 aromatic heterocycles. The molecule has 0 atom stereocenters. The summed E-state index contributed by atoms with van der Waals surface area (Å²) in [4.78, 5) is 12.5. The first-order valence-electron chi connectivity index (χ1n) is 9.09. The van der Waals surface area contributed by atoms with Gasteiger partial charge in [0.05, 0.1) is 0 Å². The quantitative estimate of drug-likeness (QED) is 0.458. The smallest absolute Gasteiger partial charge is 0.255 e. The summed E-state index contributed by atoms with van der Waals surface area (Å²) in [5.74, 6) is 0.647. The molecular formula is C23H18ClN3O2. The van der Waals surface area contributed by atoms with Gasteiger partial charge in [-0.1, -0.05) is 35.4 Å². The summed E-state index contributed by atoms with van der Waals surface area (Å²) in [6, 6.07) is 20.3. The lowest BCUT2D eigenvalue weighted by atomic mass is 10.1. The van der Waals surface area contributed by atoms with Gasteiger partial charge in [0.25, 0.3) is 5.91 Å². The highest BCUT2D eigenvalue weighted by Gasteiger charge is 2.13. The molecular weight excluding hydrogens is 386 g/mol. The van der Waals surface area contributed by atoms with Crippen molar-refractivity contribution in [3.63, 3.8) is 0 Å². The number of aromatic nitrogens is 2. The second-order valence-corrected chi connectivity index (χ2v) is 7.13. The molecule has 0 aliphatic carbocycles. The van der Waals surface area contributed by atoms with Gasteiger partial charge in [-0.15, -0.1) is 10.2 Å². The number of aryl methyl sites for hydroxylation is 1. The van der Waals surface area contributed by atoms with Gasteiger partial charge in [0, 0.05) is 27.4 Å². The predicted octanol–water partition coefficient (Wildman–Crippen LogP) is 5.93. The molecule has 0 aliphatic heterocycles. The van der Waals surface area contributed by atoms with Crippen molar-refractivity contribution in [3.05, 3.63) is 88.4 Å². The maximum atomic E-state index is 12.5. The summed E-state index contributed by atoms with van der Waals surface area (Å²) in [6.07, 6.45) is 0. The number of anilines is 1. The summed E-state index contributed by atoms with van der Waals surface area (Å²) < 4.78 is 5.80. The van der Waals surface area contributed by atoms with E-state index in [-0.39, 0.29) is 5.91 Å². The van der Waals surface area contributed by atoms with Crippen LogP contribution in [0.5, 0.6) is 0 Å². The van der Waals surface area contributed by atoms with Gasteiger partial charge in [-0.3, -0.25) is 4.79 Å². The van der Waals surface area contributed by atoms with Gasteiger partial charge in [0.15, 0.2) is 0 Å². The number of carbonyl (C=O) groups excluding carboxylic acids is 1. The van der Waals surface area contributed by atoms with E-state index in [0.717, 1.165) is 22.3 Å². The summed E-state index contributed by atoms with van der Waals surface area (Å²) >= 11 is 6.11. The van der Waals surface area contributed by atoms with Gasteiger partial charge < -0.3 is 9.73 Å². The highest BCUT2D eigenvalue weighted by atomic mass is 35.5. The first-order valence-corrected chi connectivity index (χ1v) is 9.46. The molecule has 0 fully saturated rings. The number of nitrogens with one attached hydrogen (secondary N) is 1. The van der Waals surface area contributed by atoms with Crippen LogP contribution in [0.4, 0.5) is 5.69 Å². The summed E-state index contributed by atoms with van der Waals surface area (Å²) in [6.45, 7) is 3.87. The summed E-state index contributed by atoms with van der Waals surface area (Å²) in [7, 11) is 0. The molecule has 0 saturated heterocycles. The van der Waals surface area contributed by atoms with E-state index in [1.54, 1.807) is 36.4 Å². The lowest BCUT2D eigenvalue weighted by Crippen LogP contribution is -2.12. The average molecular weight is 404 g/mol. The molecule has 0 aliphatic rings. The number of carbonyl (C=O) groups is 1. The van der Waals surface area contributed by atoms with Crippen LogP contribution >= 0.6 is 11.6 Å². The normalized spacial score (nSPS) is 10.7. The standard InChI is InChI=1S/C23H18ClN3O2/c1-14-5-3-6-18(13-14)23-27-26-22(29-23)17-11-9-16(10-12-17)21(28)25-20-8-4-7-19(24)15(20)2/h3-13H,1-2H3,(H,25,28). The average Bonchev–Trinajstić information content (AvgIpc) is 3.22. The number of hydrogen-bond donors (Lipinski definition) is 1. The molecule has 0 saturated carbocycles. The van der Waals surface area contributed by atoms with E-state index in [0.29, 0.717) is 28.1 Å². The number of rotatable bonds is 4. The summed E-state index contributed by atoms with van der Waals surface area (Å²) in [5, 5.41) is 11.7. The van der Waals surface area contributed by atoms with E-state index in [1.807, 2.05) is 44.2 Å². The fourth-order valence-corrected chi connectivity index (χ4v) is 3.11. The largest absolute Gasteiger partial charge is 0.416 e. The summed E-state index contributed by atoms with van der Waals surface area (Å²) in [5.41, 5.74) is 4.77. The van der Waals surface area contributed by atoms with Crippen molar-refractivity contribution in [2.75, 3.05) is 5.32 Å². The van der Waals surface area contributed by atoms with E-state index in [2.05, 4.69) is 15.5 Å². The van der Waals surface area contributed by atoms with E-state index in [9.17, 15) is 4.79 Å². The first-order chi connectivity index (χ1) is 14.0. The molecule has 0 spiro atoms. The van der Waals surface area contributed by atoms with Crippen molar-refractivity contribution in [1.29, 1.82) is 0 Å². The Bertz CT molecular complexity index is 1180. The Morgan fingerprint density at radius 2 is 1.59 bits per heavy atom. The molecule has 1 amide bonds. The first kappa shape index (κ1) is 18.9. The molecule has 0 unspecified atom stereocenters. The van der Waals surface area contributed by atoms with Gasteiger partial charge in [0.2, 0.25) is 11.8 Å². The molecule has 4 rings (SSSR count). The molecule has 0 radical (unpaired) electrons. The van der Waals surface area contributed by atoms with Crippen LogP contribution in [0, 0.1) is 13.8 Å². The van der Waals surface area contributed by atoms with E-state index in [1.165, 1.54) is 0 Å². The maximum Gasteiger partial charge on any atom is 0.255 e. The fourth-order valence-electron chi connectivity index (χ4n) is 2.94. The van der Waals surface area contributed by atoms with Crippen LogP contribution in [0.1, 0.15) is 21.5 Å². The Labute approximate surface area is 173 Å². The van der Waals surface area contributed by atoms with Gasteiger partial charge in [-0.05, 0) is 67.9 Å². The molecule has 5 nitrogen and oxygen atoms in total. The second kappa shape index (κ2) is 7.89. The lowest BCUT2D eigenvalue weighted by Gasteiger charge is -2.09.